The molecule has 2 fully saturated rings. The van der Waals surface area contributed by atoms with Crippen molar-refractivity contribution < 1.29 is 14.3 Å². The van der Waals surface area contributed by atoms with Gasteiger partial charge in [0.2, 0.25) is 5.91 Å². The number of carbonyl (C=O) groups is 2. The highest BCUT2D eigenvalue weighted by Gasteiger charge is 2.29. The number of nitrogens with one attached hydrogen (secondary N) is 1. The molecule has 0 aliphatic carbocycles. The fraction of sp³-hybridized carbons (Fsp3) is 0.895. The molecule has 144 valence electrons. The van der Waals surface area contributed by atoms with Crippen LogP contribution in [0.2, 0.25) is 0 Å². The molecule has 0 spiro atoms. The molecule has 2 rings (SSSR count). The number of likely N-dealkylation sites (tertiary alicyclic amines) is 2. The molecule has 25 heavy (non-hydrogen) atoms. The normalized spacial score (nSPS) is 23.4. The molecule has 1 atom stereocenters. The SMILES string of the molecule is CC1CCCCN1CCNC(=O)C1CCN(C(=O)OC(C)(C)C)CC1. The van der Waals surface area contributed by atoms with E-state index in [2.05, 4.69) is 17.1 Å². The highest BCUT2D eigenvalue weighted by molar-refractivity contribution is 5.79. The first-order valence-electron chi connectivity index (χ1n) is 9.76. The van der Waals surface area contributed by atoms with Crippen molar-refractivity contribution in [1.29, 1.82) is 0 Å². The topological polar surface area (TPSA) is 61.9 Å². The molecule has 0 radical (unpaired) electrons. The van der Waals surface area contributed by atoms with Crippen LogP contribution < -0.4 is 5.32 Å². The van der Waals surface area contributed by atoms with E-state index in [0.29, 0.717) is 32.0 Å². The van der Waals surface area contributed by atoms with Crippen LogP contribution in [-0.2, 0) is 9.53 Å². The molecular weight excluding hydrogens is 318 g/mol. The molecule has 2 aliphatic rings. The van der Waals surface area contributed by atoms with Gasteiger partial charge in [0, 0.05) is 38.1 Å². The van der Waals surface area contributed by atoms with E-state index >= 15 is 0 Å². The summed E-state index contributed by atoms with van der Waals surface area (Å²) in [5.41, 5.74) is -0.475. The quantitative estimate of drug-likeness (QED) is 0.844. The lowest BCUT2D eigenvalue weighted by atomic mass is 9.96. The van der Waals surface area contributed by atoms with E-state index in [1.807, 2.05) is 20.8 Å². The number of amides is 2. The van der Waals surface area contributed by atoms with Crippen LogP contribution in [0, 0.1) is 5.92 Å². The van der Waals surface area contributed by atoms with Crippen LogP contribution >= 0.6 is 0 Å². The zero-order valence-electron chi connectivity index (χ0n) is 16.3. The average Bonchev–Trinajstić information content (AvgIpc) is 2.55. The van der Waals surface area contributed by atoms with Gasteiger partial charge in [0.1, 0.15) is 5.60 Å². The van der Waals surface area contributed by atoms with Gasteiger partial charge in [-0.15, -0.1) is 0 Å². The standard InChI is InChI=1S/C19H35N3O3/c1-15-7-5-6-11-21(15)14-10-20-17(23)16-8-12-22(13-9-16)18(24)25-19(2,3)4/h15-16H,5-14H2,1-4H3,(H,20,23). The molecule has 1 N–H and O–H groups in total. The Balaban J connectivity index is 1.66. The molecule has 2 heterocycles. The minimum atomic E-state index is -0.475. The van der Waals surface area contributed by atoms with Gasteiger partial charge in [0.15, 0.2) is 0 Å². The van der Waals surface area contributed by atoms with E-state index < -0.39 is 5.60 Å². The monoisotopic (exact) mass is 353 g/mol. The lowest BCUT2D eigenvalue weighted by molar-refractivity contribution is -0.126. The van der Waals surface area contributed by atoms with E-state index in [0.717, 1.165) is 19.6 Å². The number of carbonyl (C=O) groups excluding carboxylic acids is 2. The van der Waals surface area contributed by atoms with E-state index in [1.165, 1.54) is 19.3 Å². The Morgan fingerprint density at radius 1 is 1.08 bits per heavy atom. The fourth-order valence-electron chi connectivity index (χ4n) is 3.61. The van der Waals surface area contributed by atoms with Crippen LogP contribution in [0.4, 0.5) is 4.79 Å². The summed E-state index contributed by atoms with van der Waals surface area (Å²) < 4.78 is 5.40. The predicted molar refractivity (Wildman–Crippen MR) is 98.4 cm³/mol. The molecule has 0 aromatic carbocycles. The fourth-order valence-corrected chi connectivity index (χ4v) is 3.61. The van der Waals surface area contributed by atoms with Gasteiger partial charge in [-0.3, -0.25) is 9.69 Å². The van der Waals surface area contributed by atoms with Crippen molar-refractivity contribution in [3.8, 4) is 0 Å². The first-order valence-corrected chi connectivity index (χ1v) is 9.76. The first-order chi connectivity index (χ1) is 11.8. The van der Waals surface area contributed by atoms with Crippen molar-refractivity contribution in [1.82, 2.24) is 15.1 Å². The van der Waals surface area contributed by atoms with Gasteiger partial charge in [-0.25, -0.2) is 4.79 Å². The number of ether oxygens (including phenoxy) is 1. The minimum absolute atomic E-state index is 0.0115. The maximum absolute atomic E-state index is 12.4. The van der Waals surface area contributed by atoms with Crippen molar-refractivity contribution >= 4 is 12.0 Å². The molecule has 2 saturated heterocycles. The number of rotatable bonds is 4. The molecular formula is C19H35N3O3. The summed E-state index contributed by atoms with van der Waals surface area (Å²) in [4.78, 5) is 28.6. The van der Waals surface area contributed by atoms with Gasteiger partial charge < -0.3 is 15.0 Å². The summed E-state index contributed by atoms with van der Waals surface area (Å²) in [6.07, 6.45) is 5.00. The second kappa shape index (κ2) is 8.88. The maximum atomic E-state index is 12.4. The lowest BCUT2D eigenvalue weighted by Gasteiger charge is -2.34. The average molecular weight is 354 g/mol. The van der Waals surface area contributed by atoms with E-state index in [1.54, 1.807) is 4.90 Å². The van der Waals surface area contributed by atoms with Crippen molar-refractivity contribution in [2.45, 2.75) is 71.4 Å². The van der Waals surface area contributed by atoms with Crippen LogP contribution in [0.3, 0.4) is 0 Å². The molecule has 0 aromatic rings. The molecule has 2 aliphatic heterocycles. The van der Waals surface area contributed by atoms with E-state index in [-0.39, 0.29) is 17.9 Å². The number of hydrogen-bond donors (Lipinski definition) is 1. The minimum Gasteiger partial charge on any atom is -0.444 e. The molecule has 6 nitrogen and oxygen atoms in total. The van der Waals surface area contributed by atoms with Crippen molar-refractivity contribution in [3.63, 3.8) is 0 Å². The third-order valence-electron chi connectivity index (χ3n) is 5.16. The van der Waals surface area contributed by atoms with Gasteiger partial charge in [-0.05, 0) is 59.9 Å². The van der Waals surface area contributed by atoms with Gasteiger partial charge in [0.25, 0.3) is 0 Å². The summed E-state index contributed by atoms with van der Waals surface area (Å²) in [5, 5.41) is 3.09. The summed E-state index contributed by atoms with van der Waals surface area (Å²) >= 11 is 0. The van der Waals surface area contributed by atoms with Crippen molar-refractivity contribution in [3.05, 3.63) is 0 Å². The van der Waals surface area contributed by atoms with E-state index in [9.17, 15) is 9.59 Å². The Morgan fingerprint density at radius 2 is 1.76 bits per heavy atom. The second-order valence-electron chi connectivity index (χ2n) is 8.41. The predicted octanol–water partition coefficient (Wildman–Crippen LogP) is 2.62. The van der Waals surface area contributed by atoms with Crippen molar-refractivity contribution in [2.75, 3.05) is 32.7 Å². The third kappa shape index (κ3) is 6.49. The molecule has 0 bridgehead atoms. The van der Waals surface area contributed by atoms with Crippen LogP contribution in [0.5, 0.6) is 0 Å². The van der Waals surface area contributed by atoms with Crippen LogP contribution in [0.1, 0.15) is 59.8 Å². The van der Waals surface area contributed by atoms with Gasteiger partial charge in [0.05, 0.1) is 0 Å². The Bertz CT molecular complexity index is 453. The summed E-state index contributed by atoms with van der Waals surface area (Å²) in [6, 6.07) is 0.628. The van der Waals surface area contributed by atoms with Crippen molar-refractivity contribution in [2.24, 2.45) is 5.92 Å². The first kappa shape index (κ1) is 20.0. The van der Waals surface area contributed by atoms with Crippen LogP contribution in [0.15, 0.2) is 0 Å². The second-order valence-corrected chi connectivity index (χ2v) is 8.41. The summed E-state index contributed by atoms with van der Waals surface area (Å²) in [6.45, 7) is 11.9. The Kier molecular flexibility index (Phi) is 7.11. The van der Waals surface area contributed by atoms with Gasteiger partial charge >= 0.3 is 6.09 Å². The Hall–Kier alpha value is -1.30. The largest absolute Gasteiger partial charge is 0.444 e. The molecule has 1 unspecified atom stereocenters. The zero-order valence-corrected chi connectivity index (χ0v) is 16.3. The highest BCUT2D eigenvalue weighted by atomic mass is 16.6. The molecule has 6 heteroatoms. The molecule has 0 saturated carbocycles. The van der Waals surface area contributed by atoms with E-state index in [4.69, 9.17) is 4.74 Å². The van der Waals surface area contributed by atoms with Gasteiger partial charge in [-0.1, -0.05) is 6.42 Å². The number of piperidine rings is 2. The maximum Gasteiger partial charge on any atom is 0.410 e. The Labute approximate surface area is 152 Å². The molecule has 0 aromatic heterocycles. The van der Waals surface area contributed by atoms with Crippen LogP contribution in [0.25, 0.3) is 0 Å². The van der Waals surface area contributed by atoms with Gasteiger partial charge in [-0.2, -0.15) is 0 Å². The third-order valence-corrected chi connectivity index (χ3v) is 5.16. The number of hydrogen-bond acceptors (Lipinski definition) is 4. The molecule has 2 amide bonds. The lowest BCUT2D eigenvalue weighted by Crippen LogP contribution is -2.46. The Morgan fingerprint density at radius 3 is 2.36 bits per heavy atom. The summed E-state index contributed by atoms with van der Waals surface area (Å²) in [7, 11) is 0. The highest BCUT2D eigenvalue weighted by Crippen LogP contribution is 2.20. The number of nitrogens with zero attached hydrogens (tertiary/aromatic N) is 2. The van der Waals surface area contributed by atoms with Crippen LogP contribution in [-0.4, -0.2) is 66.2 Å². The zero-order chi connectivity index (χ0) is 18.4. The smallest absolute Gasteiger partial charge is 0.410 e. The summed E-state index contributed by atoms with van der Waals surface area (Å²) in [5.74, 6) is 0.144.